The lowest BCUT2D eigenvalue weighted by atomic mass is 9.61. The van der Waals surface area contributed by atoms with E-state index in [0.717, 1.165) is 18.7 Å². The van der Waals surface area contributed by atoms with Crippen LogP contribution in [0.2, 0.25) is 0 Å². The first-order valence-electron chi connectivity index (χ1n) is 6.07. The van der Waals surface area contributed by atoms with Crippen LogP contribution in [0.4, 0.5) is 0 Å². The molecule has 2 rings (SSSR count). The average molecular weight is 219 g/mol. The van der Waals surface area contributed by atoms with Crippen LogP contribution in [0.15, 0.2) is 18.2 Å². The first-order chi connectivity index (χ1) is 7.72. The molecule has 0 aromatic heterocycles. The van der Waals surface area contributed by atoms with Crippen molar-refractivity contribution in [2.45, 2.75) is 38.0 Å². The van der Waals surface area contributed by atoms with Gasteiger partial charge in [-0.3, -0.25) is 0 Å². The van der Waals surface area contributed by atoms with Crippen molar-refractivity contribution in [3.8, 4) is 5.75 Å². The Hall–Kier alpha value is -1.02. The van der Waals surface area contributed by atoms with Gasteiger partial charge >= 0.3 is 0 Å². The molecule has 0 unspecified atom stereocenters. The normalized spacial score (nSPS) is 17.9. The Bertz CT molecular complexity index is 369. The summed E-state index contributed by atoms with van der Waals surface area (Å²) in [5.74, 6) is 0.948. The van der Waals surface area contributed by atoms with E-state index in [1.165, 1.54) is 30.4 Å². The monoisotopic (exact) mass is 219 g/mol. The van der Waals surface area contributed by atoms with E-state index in [1.54, 1.807) is 7.11 Å². The lowest BCUT2D eigenvalue weighted by Gasteiger charge is -2.43. The van der Waals surface area contributed by atoms with Gasteiger partial charge in [-0.25, -0.2) is 0 Å². The summed E-state index contributed by atoms with van der Waals surface area (Å²) in [6, 6.07) is 6.42. The fourth-order valence-corrected chi connectivity index (χ4v) is 2.89. The average Bonchev–Trinajstić information content (AvgIpc) is 2.24. The van der Waals surface area contributed by atoms with E-state index >= 15 is 0 Å². The van der Waals surface area contributed by atoms with Crippen LogP contribution < -0.4 is 10.5 Å². The van der Waals surface area contributed by atoms with Crippen LogP contribution in [0, 0.1) is 6.92 Å². The van der Waals surface area contributed by atoms with Gasteiger partial charge in [0.1, 0.15) is 5.75 Å². The third kappa shape index (κ3) is 1.82. The van der Waals surface area contributed by atoms with Crippen LogP contribution in [0.3, 0.4) is 0 Å². The molecule has 0 heterocycles. The Labute approximate surface area is 97.8 Å². The number of ether oxygens (including phenoxy) is 1. The molecule has 1 aliphatic carbocycles. The van der Waals surface area contributed by atoms with Gasteiger partial charge in [-0.15, -0.1) is 0 Å². The minimum absolute atomic E-state index is 0.366. The predicted octanol–water partition coefficient (Wildman–Crippen LogP) is 2.77. The molecule has 2 nitrogen and oxygen atoms in total. The van der Waals surface area contributed by atoms with E-state index in [9.17, 15) is 0 Å². The van der Waals surface area contributed by atoms with Crippen LogP contribution in [-0.4, -0.2) is 13.7 Å². The SMILES string of the molecule is COc1ccc(C2(CCN)CCC2)c(C)c1. The fourth-order valence-electron chi connectivity index (χ4n) is 2.89. The molecule has 2 N–H and O–H groups in total. The highest BCUT2D eigenvalue weighted by molar-refractivity contribution is 5.40. The highest BCUT2D eigenvalue weighted by atomic mass is 16.5. The van der Waals surface area contributed by atoms with Gasteiger partial charge in [0.2, 0.25) is 0 Å². The maximum absolute atomic E-state index is 5.74. The smallest absolute Gasteiger partial charge is 0.119 e. The number of hydrogen-bond donors (Lipinski definition) is 1. The Morgan fingerprint density at radius 2 is 2.12 bits per heavy atom. The number of methoxy groups -OCH3 is 1. The fraction of sp³-hybridized carbons (Fsp3) is 0.571. The molecule has 0 saturated heterocycles. The van der Waals surface area contributed by atoms with Gasteiger partial charge in [0.25, 0.3) is 0 Å². The van der Waals surface area contributed by atoms with Gasteiger partial charge in [-0.05, 0) is 61.4 Å². The molecular weight excluding hydrogens is 198 g/mol. The minimum Gasteiger partial charge on any atom is -0.497 e. The van der Waals surface area contributed by atoms with E-state index in [2.05, 4.69) is 25.1 Å². The predicted molar refractivity (Wildman–Crippen MR) is 66.9 cm³/mol. The first-order valence-corrected chi connectivity index (χ1v) is 6.07. The largest absolute Gasteiger partial charge is 0.497 e. The number of rotatable bonds is 4. The maximum Gasteiger partial charge on any atom is 0.119 e. The highest BCUT2D eigenvalue weighted by Crippen LogP contribution is 2.47. The summed E-state index contributed by atoms with van der Waals surface area (Å²) < 4.78 is 5.25. The molecule has 1 fully saturated rings. The van der Waals surface area contributed by atoms with Crippen LogP contribution in [0.1, 0.15) is 36.8 Å². The summed E-state index contributed by atoms with van der Waals surface area (Å²) in [6.45, 7) is 2.96. The van der Waals surface area contributed by atoms with Gasteiger partial charge in [0, 0.05) is 0 Å². The van der Waals surface area contributed by atoms with Crippen molar-refractivity contribution in [1.82, 2.24) is 0 Å². The first kappa shape index (κ1) is 11.5. The van der Waals surface area contributed by atoms with Gasteiger partial charge < -0.3 is 10.5 Å². The summed E-state index contributed by atoms with van der Waals surface area (Å²) in [4.78, 5) is 0. The summed E-state index contributed by atoms with van der Waals surface area (Å²) in [7, 11) is 1.72. The number of aryl methyl sites for hydroxylation is 1. The molecule has 0 aliphatic heterocycles. The Kier molecular flexibility index (Phi) is 3.20. The lowest BCUT2D eigenvalue weighted by molar-refractivity contribution is 0.228. The number of hydrogen-bond acceptors (Lipinski definition) is 2. The van der Waals surface area contributed by atoms with Crippen molar-refractivity contribution >= 4 is 0 Å². The molecule has 1 aromatic carbocycles. The summed E-state index contributed by atoms with van der Waals surface area (Å²) in [5.41, 5.74) is 8.93. The quantitative estimate of drug-likeness (QED) is 0.845. The molecule has 16 heavy (non-hydrogen) atoms. The molecule has 0 spiro atoms. The van der Waals surface area contributed by atoms with Gasteiger partial charge in [-0.2, -0.15) is 0 Å². The number of nitrogens with two attached hydrogens (primary N) is 1. The second-order valence-electron chi connectivity index (χ2n) is 4.85. The molecule has 1 aliphatic rings. The number of benzene rings is 1. The zero-order valence-electron chi connectivity index (χ0n) is 10.3. The van der Waals surface area contributed by atoms with Gasteiger partial charge in [0.15, 0.2) is 0 Å². The molecule has 0 radical (unpaired) electrons. The van der Waals surface area contributed by atoms with Crippen molar-refractivity contribution in [2.24, 2.45) is 5.73 Å². The molecule has 1 aromatic rings. The van der Waals surface area contributed by atoms with E-state index < -0.39 is 0 Å². The van der Waals surface area contributed by atoms with E-state index in [0.29, 0.717) is 5.41 Å². The third-order valence-electron chi connectivity index (χ3n) is 3.94. The zero-order chi connectivity index (χ0) is 11.6. The van der Waals surface area contributed by atoms with E-state index in [1.807, 2.05) is 0 Å². The standard InChI is InChI=1S/C14H21NO/c1-11-10-12(16-2)4-5-13(11)14(8-9-15)6-3-7-14/h4-5,10H,3,6-9,15H2,1-2H3. The summed E-state index contributed by atoms with van der Waals surface area (Å²) in [5, 5.41) is 0. The third-order valence-corrected chi connectivity index (χ3v) is 3.94. The van der Waals surface area contributed by atoms with Crippen molar-refractivity contribution in [2.75, 3.05) is 13.7 Å². The molecular formula is C14H21NO. The zero-order valence-corrected chi connectivity index (χ0v) is 10.3. The highest BCUT2D eigenvalue weighted by Gasteiger charge is 2.38. The maximum atomic E-state index is 5.74. The van der Waals surface area contributed by atoms with Crippen molar-refractivity contribution < 1.29 is 4.74 Å². The van der Waals surface area contributed by atoms with Crippen molar-refractivity contribution in [3.05, 3.63) is 29.3 Å². The molecule has 0 bridgehead atoms. The second-order valence-corrected chi connectivity index (χ2v) is 4.85. The van der Waals surface area contributed by atoms with Gasteiger partial charge in [0.05, 0.1) is 7.11 Å². The van der Waals surface area contributed by atoms with Crippen LogP contribution in [0.25, 0.3) is 0 Å². The molecule has 88 valence electrons. The Balaban J connectivity index is 2.31. The molecule has 0 atom stereocenters. The Morgan fingerprint density at radius 1 is 1.38 bits per heavy atom. The molecule has 2 heteroatoms. The van der Waals surface area contributed by atoms with Gasteiger partial charge in [-0.1, -0.05) is 12.5 Å². The van der Waals surface area contributed by atoms with E-state index in [-0.39, 0.29) is 0 Å². The second kappa shape index (κ2) is 4.46. The summed E-state index contributed by atoms with van der Waals surface area (Å²) in [6.07, 6.45) is 5.03. The Morgan fingerprint density at radius 3 is 2.56 bits per heavy atom. The van der Waals surface area contributed by atoms with Crippen LogP contribution in [-0.2, 0) is 5.41 Å². The van der Waals surface area contributed by atoms with Crippen molar-refractivity contribution in [1.29, 1.82) is 0 Å². The van der Waals surface area contributed by atoms with Crippen LogP contribution in [0.5, 0.6) is 5.75 Å². The molecule has 1 saturated carbocycles. The van der Waals surface area contributed by atoms with Crippen molar-refractivity contribution in [3.63, 3.8) is 0 Å². The lowest BCUT2D eigenvalue weighted by Crippen LogP contribution is -2.37. The van der Waals surface area contributed by atoms with E-state index in [4.69, 9.17) is 10.5 Å². The molecule has 0 amide bonds. The van der Waals surface area contributed by atoms with Crippen LogP contribution >= 0.6 is 0 Å². The minimum atomic E-state index is 0.366. The summed E-state index contributed by atoms with van der Waals surface area (Å²) >= 11 is 0. The topological polar surface area (TPSA) is 35.2 Å².